The standard InChI is InChI=1S/C11H16N2/c1-6-13-8-12-7-10(13)9(2)11(3,4)5/h6-8H,1-2H2,3-5H3. The molecule has 0 aliphatic carbocycles. The minimum absolute atomic E-state index is 0.0702. The van der Waals surface area contributed by atoms with Crippen molar-refractivity contribution in [2.45, 2.75) is 20.8 Å². The maximum atomic E-state index is 4.07. The van der Waals surface area contributed by atoms with Crippen molar-refractivity contribution >= 4 is 11.8 Å². The van der Waals surface area contributed by atoms with E-state index in [0.29, 0.717) is 0 Å². The van der Waals surface area contributed by atoms with E-state index in [4.69, 9.17) is 0 Å². The molecule has 2 nitrogen and oxygen atoms in total. The van der Waals surface area contributed by atoms with Crippen LogP contribution in [0, 0.1) is 5.41 Å². The first kappa shape index (κ1) is 9.78. The second-order valence-electron chi connectivity index (χ2n) is 4.10. The molecule has 2 heteroatoms. The lowest BCUT2D eigenvalue weighted by molar-refractivity contribution is 0.565. The van der Waals surface area contributed by atoms with E-state index >= 15 is 0 Å². The zero-order chi connectivity index (χ0) is 10.1. The van der Waals surface area contributed by atoms with Gasteiger partial charge in [0.1, 0.15) is 0 Å². The van der Waals surface area contributed by atoms with E-state index in [1.165, 1.54) is 0 Å². The molecule has 1 aromatic rings. The van der Waals surface area contributed by atoms with Crippen molar-refractivity contribution in [2.75, 3.05) is 0 Å². The number of rotatable bonds is 2. The van der Waals surface area contributed by atoms with Crippen LogP contribution in [-0.4, -0.2) is 9.55 Å². The third-order valence-corrected chi connectivity index (χ3v) is 2.08. The fraction of sp³-hybridized carbons (Fsp3) is 0.364. The fourth-order valence-corrected chi connectivity index (χ4v) is 1.07. The smallest absolute Gasteiger partial charge is 0.0991 e. The van der Waals surface area contributed by atoms with Gasteiger partial charge in [-0.1, -0.05) is 33.9 Å². The molecule has 13 heavy (non-hydrogen) atoms. The van der Waals surface area contributed by atoms with Gasteiger partial charge in [-0.15, -0.1) is 0 Å². The SMILES string of the molecule is C=Cn1cncc1C(=C)C(C)(C)C. The minimum atomic E-state index is 0.0702. The van der Waals surface area contributed by atoms with Crippen LogP contribution < -0.4 is 0 Å². The van der Waals surface area contributed by atoms with E-state index in [1.54, 1.807) is 12.5 Å². The van der Waals surface area contributed by atoms with Crippen LogP contribution in [0.3, 0.4) is 0 Å². The van der Waals surface area contributed by atoms with E-state index in [9.17, 15) is 0 Å². The van der Waals surface area contributed by atoms with Crippen LogP contribution in [-0.2, 0) is 0 Å². The number of imidazole rings is 1. The Hall–Kier alpha value is -1.31. The molecule has 0 atom stereocenters. The number of hydrogen-bond donors (Lipinski definition) is 0. The first-order chi connectivity index (χ1) is 5.96. The molecule has 70 valence electrons. The predicted molar refractivity (Wildman–Crippen MR) is 57.1 cm³/mol. The molecule has 0 spiro atoms. The monoisotopic (exact) mass is 176 g/mol. The van der Waals surface area contributed by atoms with Gasteiger partial charge >= 0.3 is 0 Å². The van der Waals surface area contributed by atoms with Crippen LogP contribution in [0.5, 0.6) is 0 Å². The number of aromatic nitrogens is 2. The highest BCUT2D eigenvalue weighted by atomic mass is 15.0. The van der Waals surface area contributed by atoms with Crippen LogP contribution in [0.4, 0.5) is 0 Å². The zero-order valence-corrected chi connectivity index (χ0v) is 8.54. The summed E-state index contributed by atoms with van der Waals surface area (Å²) in [7, 11) is 0. The molecule has 0 aromatic carbocycles. The summed E-state index contributed by atoms with van der Waals surface area (Å²) in [5.74, 6) is 0. The van der Waals surface area contributed by atoms with Gasteiger partial charge in [0.05, 0.1) is 18.2 Å². The van der Waals surface area contributed by atoms with Crippen LogP contribution >= 0.6 is 0 Å². The van der Waals surface area contributed by atoms with Crippen LogP contribution in [0.1, 0.15) is 26.5 Å². The molecule has 0 saturated carbocycles. The molecule has 0 fully saturated rings. The Morgan fingerprint density at radius 3 is 2.62 bits per heavy atom. The molecule has 0 N–H and O–H groups in total. The van der Waals surface area contributed by atoms with Crippen molar-refractivity contribution in [3.8, 4) is 0 Å². The van der Waals surface area contributed by atoms with E-state index in [2.05, 4.69) is 38.9 Å². The van der Waals surface area contributed by atoms with E-state index in [1.807, 2.05) is 10.8 Å². The number of allylic oxidation sites excluding steroid dienone is 1. The number of hydrogen-bond acceptors (Lipinski definition) is 1. The molecular weight excluding hydrogens is 160 g/mol. The van der Waals surface area contributed by atoms with Gasteiger partial charge in [0.15, 0.2) is 0 Å². The first-order valence-corrected chi connectivity index (χ1v) is 4.31. The van der Waals surface area contributed by atoms with Gasteiger partial charge < -0.3 is 4.57 Å². The van der Waals surface area contributed by atoms with Gasteiger partial charge in [-0.2, -0.15) is 0 Å². The van der Waals surface area contributed by atoms with Gasteiger partial charge in [0.25, 0.3) is 0 Å². The number of nitrogens with zero attached hydrogens (tertiary/aromatic N) is 2. The fourth-order valence-electron chi connectivity index (χ4n) is 1.07. The van der Waals surface area contributed by atoms with Crippen molar-refractivity contribution < 1.29 is 0 Å². The molecule has 1 rings (SSSR count). The summed E-state index contributed by atoms with van der Waals surface area (Å²) in [6, 6.07) is 0. The van der Waals surface area contributed by atoms with Gasteiger partial charge in [0.2, 0.25) is 0 Å². The lowest BCUT2D eigenvalue weighted by atomic mass is 9.86. The second-order valence-corrected chi connectivity index (χ2v) is 4.10. The Balaban J connectivity index is 3.09. The molecule has 1 aromatic heterocycles. The van der Waals surface area contributed by atoms with E-state index < -0.39 is 0 Å². The first-order valence-electron chi connectivity index (χ1n) is 4.31. The highest BCUT2D eigenvalue weighted by molar-refractivity contribution is 5.65. The zero-order valence-electron chi connectivity index (χ0n) is 8.54. The van der Waals surface area contributed by atoms with Crippen LogP contribution in [0.15, 0.2) is 25.7 Å². The topological polar surface area (TPSA) is 17.8 Å². The Morgan fingerprint density at radius 1 is 1.54 bits per heavy atom. The summed E-state index contributed by atoms with van der Waals surface area (Å²) < 4.78 is 1.88. The Bertz CT molecular complexity index is 326. The average molecular weight is 176 g/mol. The van der Waals surface area contributed by atoms with Gasteiger partial charge in [-0.05, 0) is 11.0 Å². The third-order valence-electron chi connectivity index (χ3n) is 2.08. The summed E-state index contributed by atoms with van der Waals surface area (Å²) in [6.07, 6.45) is 5.29. The summed E-state index contributed by atoms with van der Waals surface area (Å²) in [5.41, 5.74) is 2.17. The maximum absolute atomic E-state index is 4.07. The Labute approximate surface area is 79.6 Å². The molecule has 1 heterocycles. The predicted octanol–water partition coefficient (Wildman–Crippen LogP) is 3.04. The van der Waals surface area contributed by atoms with Gasteiger partial charge in [0, 0.05) is 6.20 Å². The molecule has 0 aliphatic heterocycles. The van der Waals surface area contributed by atoms with Gasteiger partial charge in [-0.3, -0.25) is 0 Å². The van der Waals surface area contributed by atoms with Crippen molar-refractivity contribution in [3.63, 3.8) is 0 Å². The molecule has 0 saturated heterocycles. The van der Waals surface area contributed by atoms with Gasteiger partial charge in [-0.25, -0.2) is 4.98 Å². The summed E-state index contributed by atoms with van der Waals surface area (Å²) in [6.45, 7) is 14.2. The molecule has 0 aliphatic rings. The van der Waals surface area contributed by atoms with Crippen molar-refractivity contribution in [1.82, 2.24) is 9.55 Å². The molecular formula is C11H16N2. The average Bonchev–Trinajstić information content (AvgIpc) is 2.48. The maximum Gasteiger partial charge on any atom is 0.0991 e. The molecule has 0 bridgehead atoms. The van der Waals surface area contributed by atoms with E-state index in [0.717, 1.165) is 11.3 Å². The highest BCUT2D eigenvalue weighted by Crippen LogP contribution is 2.31. The van der Waals surface area contributed by atoms with Crippen LogP contribution in [0.25, 0.3) is 11.8 Å². The van der Waals surface area contributed by atoms with Crippen molar-refractivity contribution in [2.24, 2.45) is 5.41 Å². The lowest BCUT2D eigenvalue weighted by Gasteiger charge is -2.21. The molecule has 0 amide bonds. The molecule has 0 radical (unpaired) electrons. The largest absolute Gasteiger partial charge is 0.307 e. The quantitative estimate of drug-likeness (QED) is 0.677. The Morgan fingerprint density at radius 2 is 2.15 bits per heavy atom. The lowest BCUT2D eigenvalue weighted by Crippen LogP contribution is -2.09. The van der Waals surface area contributed by atoms with Crippen molar-refractivity contribution in [3.05, 3.63) is 31.4 Å². The highest BCUT2D eigenvalue weighted by Gasteiger charge is 2.18. The van der Waals surface area contributed by atoms with Crippen molar-refractivity contribution in [1.29, 1.82) is 0 Å². The third kappa shape index (κ3) is 1.89. The molecule has 0 unspecified atom stereocenters. The van der Waals surface area contributed by atoms with Crippen LogP contribution in [0.2, 0.25) is 0 Å². The minimum Gasteiger partial charge on any atom is -0.307 e. The normalized spacial score (nSPS) is 11.3. The summed E-state index contributed by atoms with van der Waals surface area (Å²) in [4.78, 5) is 4.06. The second kappa shape index (κ2) is 3.21. The van der Waals surface area contributed by atoms with E-state index in [-0.39, 0.29) is 5.41 Å². The summed E-state index contributed by atoms with van der Waals surface area (Å²) >= 11 is 0. The Kier molecular flexibility index (Phi) is 2.41. The summed E-state index contributed by atoms with van der Waals surface area (Å²) in [5, 5.41) is 0.